The van der Waals surface area contributed by atoms with Crippen molar-refractivity contribution in [3.05, 3.63) is 65.6 Å². The smallest absolute Gasteiger partial charge is 0.219 e. The molecule has 5 heteroatoms. The number of hydrogen-bond acceptors (Lipinski definition) is 5. The third kappa shape index (κ3) is 7.13. The molecular weight excluding hydrogens is 374 g/mol. The fourth-order valence-corrected chi connectivity index (χ4v) is 2.50. The average molecular weight is 406 g/mol. The van der Waals surface area contributed by atoms with Crippen molar-refractivity contribution >= 4 is 11.9 Å². The van der Waals surface area contributed by atoms with Crippen molar-refractivity contribution in [2.45, 2.75) is 53.2 Å². The predicted molar refractivity (Wildman–Crippen MR) is 123 cm³/mol. The molecule has 1 aromatic carbocycles. The van der Waals surface area contributed by atoms with E-state index >= 15 is 0 Å². The van der Waals surface area contributed by atoms with Crippen LogP contribution in [0.2, 0.25) is 0 Å². The lowest BCUT2D eigenvalue weighted by molar-refractivity contribution is 0.410. The van der Waals surface area contributed by atoms with E-state index in [1.54, 1.807) is 18.3 Å². The Hall–Kier alpha value is -2.97. The number of rotatable bonds is 11. The summed E-state index contributed by atoms with van der Waals surface area (Å²) in [6.45, 7) is 17.4. The minimum atomic E-state index is 0.0253. The summed E-state index contributed by atoms with van der Waals surface area (Å²) in [7, 11) is 0. The lowest BCUT2D eigenvalue weighted by Gasteiger charge is -2.14. The van der Waals surface area contributed by atoms with Gasteiger partial charge in [0.1, 0.15) is 11.9 Å². The minimum absolute atomic E-state index is 0.0253. The zero-order valence-electron chi connectivity index (χ0n) is 18.4. The monoisotopic (exact) mass is 405 g/mol. The SMILES string of the molecule is C=C(C=NCc1ccc(C#N)cc1O/C(=C/C(=C)C1CO1)N=C(C)C(C)CC)CC. The van der Waals surface area contributed by atoms with Gasteiger partial charge < -0.3 is 9.47 Å². The molecule has 2 unspecified atom stereocenters. The highest BCUT2D eigenvalue weighted by Crippen LogP contribution is 2.27. The molecule has 158 valence electrons. The molecule has 1 aliphatic heterocycles. The normalized spacial score (nSPS) is 17.5. The van der Waals surface area contributed by atoms with Crippen LogP contribution >= 0.6 is 0 Å². The van der Waals surface area contributed by atoms with Gasteiger partial charge in [0, 0.05) is 23.6 Å². The van der Waals surface area contributed by atoms with Crippen LogP contribution in [0.4, 0.5) is 0 Å². The fourth-order valence-electron chi connectivity index (χ4n) is 2.50. The van der Waals surface area contributed by atoms with Crippen LogP contribution in [0.1, 0.15) is 51.7 Å². The van der Waals surface area contributed by atoms with Crippen LogP contribution in [0.25, 0.3) is 0 Å². The maximum atomic E-state index is 9.32. The van der Waals surface area contributed by atoms with E-state index in [9.17, 15) is 5.26 Å². The molecule has 1 fully saturated rings. The number of hydrogen-bond donors (Lipinski definition) is 0. The van der Waals surface area contributed by atoms with Gasteiger partial charge in [-0.05, 0) is 49.0 Å². The number of epoxide rings is 1. The average Bonchev–Trinajstić information content (AvgIpc) is 3.59. The summed E-state index contributed by atoms with van der Waals surface area (Å²) in [6, 6.07) is 7.51. The van der Waals surface area contributed by atoms with Crippen molar-refractivity contribution in [2.24, 2.45) is 15.9 Å². The quantitative estimate of drug-likeness (QED) is 0.203. The number of benzene rings is 1. The van der Waals surface area contributed by atoms with Gasteiger partial charge >= 0.3 is 0 Å². The highest BCUT2D eigenvalue weighted by atomic mass is 16.6. The van der Waals surface area contributed by atoms with Gasteiger partial charge in [-0.25, -0.2) is 4.99 Å². The third-order valence-electron chi connectivity index (χ3n) is 5.07. The van der Waals surface area contributed by atoms with Gasteiger partial charge in [0.15, 0.2) is 0 Å². The minimum Gasteiger partial charge on any atom is -0.439 e. The van der Waals surface area contributed by atoms with Gasteiger partial charge in [0.2, 0.25) is 5.88 Å². The second-order valence-electron chi connectivity index (χ2n) is 7.46. The molecule has 0 aliphatic carbocycles. The van der Waals surface area contributed by atoms with Gasteiger partial charge in [0.05, 0.1) is 24.8 Å². The molecule has 0 saturated carbocycles. The summed E-state index contributed by atoms with van der Waals surface area (Å²) in [5.41, 5.74) is 4.14. The van der Waals surface area contributed by atoms with Crippen LogP contribution in [0.3, 0.4) is 0 Å². The molecule has 1 aliphatic rings. The van der Waals surface area contributed by atoms with E-state index in [2.05, 4.69) is 38.1 Å². The van der Waals surface area contributed by atoms with Crippen molar-refractivity contribution < 1.29 is 9.47 Å². The van der Waals surface area contributed by atoms with Crippen LogP contribution in [-0.4, -0.2) is 24.6 Å². The fraction of sp³-hybridized carbons (Fsp3) is 0.400. The summed E-state index contributed by atoms with van der Waals surface area (Å²) in [5.74, 6) is 1.33. The highest BCUT2D eigenvalue weighted by Gasteiger charge is 2.25. The number of aliphatic imine (C=N–C) groups is 2. The largest absolute Gasteiger partial charge is 0.439 e. The Morgan fingerprint density at radius 1 is 1.40 bits per heavy atom. The summed E-state index contributed by atoms with van der Waals surface area (Å²) in [5, 5.41) is 9.32. The Bertz CT molecular complexity index is 915. The van der Waals surface area contributed by atoms with Crippen LogP contribution < -0.4 is 4.74 Å². The van der Waals surface area contributed by atoms with Crippen molar-refractivity contribution in [1.29, 1.82) is 5.26 Å². The standard InChI is InChI=1S/C25H31N3O2/c1-7-17(3)14-27-15-22-10-9-21(13-26)12-23(22)30-25(11-19(5)24-16-29-24)28-20(6)18(4)8-2/h9-12,14,18,24H,3,5,7-8,15-16H2,1-2,4,6H3/b25-11+,27-14?,28-20?. The number of nitrogens with zero attached hydrogens (tertiary/aromatic N) is 3. The number of allylic oxidation sites excluding steroid dienone is 1. The van der Waals surface area contributed by atoms with Crippen molar-refractivity contribution in [3.8, 4) is 11.8 Å². The van der Waals surface area contributed by atoms with Gasteiger partial charge in [-0.2, -0.15) is 5.26 Å². The third-order valence-corrected chi connectivity index (χ3v) is 5.07. The van der Waals surface area contributed by atoms with E-state index in [1.807, 2.05) is 26.0 Å². The van der Waals surface area contributed by atoms with Gasteiger partial charge in [0.25, 0.3) is 0 Å². The van der Waals surface area contributed by atoms with Crippen molar-refractivity contribution in [3.63, 3.8) is 0 Å². The topological polar surface area (TPSA) is 70.3 Å². The second-order valence-corrected chi connectivity index (χ2v) is 7.46. The highest BCUT2D eigenvalue weighted by molar-refractivity contribution is 5.84. The molecule has 1 aromatic rings. The molecule has 0 amide bonds. The zero-order chi connectivity index (χ0) is 22.1. The van der Waals surface area contributed by atoms with Crippen LogP contribution in [0.15, 0.2) is 64.4 Å². The summed E-state index contributed by atoms with van der Waals surface area (Å²) in [4.78, 5) is 9.17. The van der Waals surface area contributed by atoms with Gasteiger partial charge in [-0.3, -0.25) is 4.99 Å². The summed E-state index contributed by atoms with van der Waals surface area (Å²) < 4.78 is 11.5. The molecule has 1 heterocycles. The molecule has 0 aromatic heterocycles. The van der Waals surface area contributed by atoms with E-state index < -0.39 is 0 Å². The zero-order valence-corrected chi connectivity index (χ0v) is 18.4. The molecule has 0 bridgehead atoms. The van der Waals surface area contributed by atoms with E-state index in [0.29, 0.717) is 36.3 Å². The lowest BCUT2D eigenvalue weighted by Crippen LogP contribution is -2.08. The first-order valence-electron chi connectivity index (χ1n) is 10.3. The molecule has 0 N–H and O–H groups in total. The number of ether oxygens (including phenoxy) is 2. The molecule has 2 rings (SSSR count). The van der Waals surface area contributed by atoms with Crippen LogP contribution in [0, 0.1) is 17.2 Å². The Morgan fingerprint density at radius 2 is 2.13 bits per heavy atom. The van der Waals surface area contributed by atoms with Crippen LogP contribution in [0.5, 0.6) is 5.75 Å². The second kappa shape index (κ2) is 11.3. The van der Waals surface area contributed by atoms with Crippen LogP contribution in [-0.2, 0) is 11.3 Å². The summed E-state index contributed by atoms with van der Waals surface area (Å²) in [6.07, 6.45) is 5.45. The first kappa shape index (κ1) is 23.3. The Labute approximate surface area is 180 Å². The molecule has 30 heavy (non-hydrogen) atoms. The maximum absolute atomic E-state index is 9.32. The van der Waals surface area contributed by atoms with E-state index in [4.69, 9.17) is 14.5 Å². The van der Waals surface area contributed by atoms with Crippen molar-refractivity contribution in [2.75, 3.05) is 6.61 Å². The Morgan fingerprint density at radius 3 is 2.73 bits per heavy atom. The summed E-state index contributed by atoms with van der Waals surface area (Å²) >= 11 is 0. The van der Waals surface area contributed by atoms with Gasteiger partial charge in [-0.15, -0.1) is 0 Å². The molecule has 5 nitrogen and oxygen atoms in total. The van der Waals surface area contributed by atoms with Crippen molar-refractivity contribution in [1.82, 2.24) is 0 Å². The Balaban J connectivity index is 2.36. The molecular formula is C25H31N3O2. The first-order valence-corrected chi connectivity index (χ1v) is 10.3. The Kier molecular flexibility index (Phi) is 8.76. The maximum Gasteiger partial charge on any atom is 0.219 e. The molecule has 0 radical (unpaired) electrons. The van der Waals surface area contributed by atoms with E-state index in [0.717, 1.165) is 35.3 Å². The first-order chi connectivity index (χ1) is 14.4. The van der Waals surface area contributed by atoms with E-state index in [-0.39, 0.29) is 6.10 Å². The van der Waals surface area contributed by atoms with Gasteiger partial charge in [-0.1, -0.05) is 40.0 Å². The lowest BCUT2D eigenvalue weighted by atomic mass is 10.0. The molecule has 1 saturated heterocycles. The number of nitriles is 1. The predicted octanol–water partition coefficient (Wildman–Crippen LogP) is 5.78. The molecule has 2 atom stereocenters. The van der Waals surface area contributed by atoms with E-state index in [1.165, 1.54) is 0 Å². The molecule has 0 spiro atoms.